The van der Waals surface area contributed by atoms with Crippen LogP contribution in [0.4, 0.5) is 0 Å². The van der Waals surface area contributed by atoms with Gasteiger partial charge in [-0.2, -0.15) is 0 Å². The number of hydrogen-bond donors (Lipinski definition) is 0. The Balaban J connectivity index is 2.14. The molecular formula is C25H31O3PSi. The van der Waals surface area contributed by atoms with Crippen molar-refractivity contribution >= 4 is 26.1 Å². The van der Waals surface area contributed by atoms with Crippen LogP contribution in [-0.4, -0.2) is 21.6 Å². The molecule has 3 rings (SSSR count). The van der Waals surface area contributed by atoms with Crippen molar-refractivity contribution in [2.45, 2.75) is 32.2 Å². The van der Waals surface area contributed by atoms with E-state index in [9.17, 15) is 4.57 Å². The quantitative estimate of drug-likeness (QED) is 0.331. The van der Waals surface area contributed by atoms with E-state index in [-0.39, 0.29) is 0 Å². The summed E-state index contributed by atoms with van der Waals surface area (Å²) in [6.45, 7) is 8.59. The van der Waals surface area contributed by atoms with Crippen molar-refractivity contribution in [1.82, 2.24) is 0 Å². The minimum atomic E-state index is -2.95. The van der Waals surface area contributed by atoms with E-state index in [1.807, 2.05) is 84.9 Å². The Morgan fingerprint density at radius 1 is 0.800 bits per heavy atom. The fourth-order valence-electron chi connectivity index (χ4n) is 3.90. The lowest BCUT2D eigenvalue weighted by Gasteiger charge is -2.39. The number of rotatable bonds is 8. The van der Waals surface area contributed by atoms with Crippen LogP contribution >= 0.6 is 7.14 Å². The number of hydrogen-bond acceptors (Lipinski definition) is 3. The minimum Gasteiger partial charge on any atom is -0.497 e. The van der Waals surface area contributed by atoms with Gasteiger partial charge in [0.05, 0.1) is 12.7 Å². The highest BCUT2D eigenvalue weighted by Gasteiger charge is 2.41. The maximum absolute atomic E-state index is 14.7. The summed E-state index contributed by atoms with van der Waals surface area (Å²) in [5.74, 6) is 0.795. The number of benzene rings is 3. The van der Waals surface area contributed by atoms with E-state index in [1.165, 1.54) is 0 Å². The van der Waals surface area contributed by atoms with Crippen molar-refractivity contribution in [2.24, 2.45) is 0 Å². The molecule has 0 aromatic heterocycles. The topological polar surface area (TPSA) is 35.5 Å². The zero-order chi connectivity index (χ0) is 21.8. The van der Waals surface area contributed by atoms with Crippen molar-refractivity contribution in [2.75, 3.05) is 13.3 Å². The summed E-state index contributed by atoms with van der Waals surface area (Å²) in [4.78, 5) is 0. The van der Waals surface area contributed by atoms with Crippen molar-refractivity contribution in [3.05, 3.63) is 90.5 Å². The molecule has 0 bridgehead atoms. The third-order valence-corrected chi connectivity index (χ3v) is 9.48. The standard InChI is InChI=1S/C25H31O3PSi/c1-25(28-30(3,4)5,21-16-18-22(27-2)19-17-21)20-29(26,23-12-8-6-9-13-23)24-14-10-7-11-15-24/h6-19H,20H2,1-5H3. The van der Waals surface area contributed by atoms with Gasteiger partial charge < -0.3 is 13.7 Å². The monoisotopic (exact) mass is 438 g/mol. The largest absolute Gasteiger partial charge is 0.497 e. The fraction of sp³-hybridized carbons (Fsp3) is 0.280. The van der Waals surface area contributed by atoms with E-state index >= 15 is 0 Å². The Morgan fingerprint density at radius 2 is 1.27 bits per heavy atom. The molecule has 0 amide bonds. The van der Waals surface area contributed by atoms with Crippen LogP contribution in [0.15, 0.2) is 84.9 Å². The van der Waals surface area contributed by atoms with Crippen LogP contribution in [-0.2, 0) is 14.6 Å². The van der Waals surface area contributed by atoms with Gasteiger partial charge in [-0.25, -0.2) is 0 Å². The molecule has 3 nitrogen and oxygen atoms in total. The van der Waals surface area contributed by atoms with Gasteiger partial charge in [0.15, 0.2) is 8.32 Å². The second-order valence-electron chi connectivity index (χ2n) is 8.74. The molecule has 0 saturated carbocycles. The van der Waals surface area contributed by atoms with Crippen LogP contribution in [0, 0.1) is 0 Å². The predicted octanol–water partition coefficient (Wildman–Crippen LogP) is 5.78. The van der Waals surface area contributed by atoms with Gasteiger partial charge in [-0.1, -0.05) is 72.8 Å². The zero-order valence-corrected chi connectivity index (χ0v) is 20.4. The van der Waals surface area contributed by atoms with E-state index in [1.54, 1.807) is 7.11 Å². The molecule has 0 aliphatic carbocycles. The summed E-state index contributed by atoms with van der Waals surface area (Å²) in [5, 5.41) is 1.71. The molecule has 0 aliphatic rings. The van der Waals surface area contributed by atoms with Crippen LogP contribution in [0.3, 0.4) is 0 Å². The third-order valence-electron chi connectivity index (χ3n) is 5.10. The molecule has 0 saturated heterocycles. The Bertz CT molecular complexity index is 955. The average Bonchev–Trinajstić information content (AvgIpc) is 2.73. The summed E-state index contributed by atoms with van der Waals surface area (Å²) >= 11 is 0. The Hall–Kier alpha value is -2.13. The average molecular weight is 439 g/mol. The maximum atomic E-state index is 14.7. The summed E-state index contributed by atoms with van der Waals surface area (Å²) in [5.41, 5.74) is 0.315. The molecule has 0 fully saturated rings. The van der Waals surface area contributed by atoms with E-state index in [0.29, 0.717) is 6.16 Å². The highest BCUT2D eigenvalue weighted by molar-refractivity contribution is 7.78. The predicted molar refractivity (Wildman–Crippen MR) is 129 cm³/mol. The van der Waals surface area contributed by atoms with Crippen molar-refractivity contribution in [1.29, 1.82) is 0 Å². The molecule has 0 heterocycles. The summed E-state index contributed by atoms with van der Waals surface area (Å²) in [6, 6.07) is 27.5. The molecule has 30 heavy (non-hydrogen) atoms. The lowest BCUT2D eigenvalue weighted by molar-refractivity contribution is 0.103. The van der Waals surface area contributed by atoms with Crippen LogP contribution < -0.4 is 15.3 Å². The normalized spacial score (nSPS) is 14.2. The van der Waals surface area contributed by atoms with Crippen molar-refractivity contribution in [3.8, 4) is 5.75 Å². The molecule has 3 aromatic rings. The second-order valence-corrected chi connectivity index (χ2v) is 16.0. The summed E-state index contributed by atoms with van der Waals surface area (Å²) in [7, 11) is -3.24. The van der Waals surface area contributed by atoms with Crippen molar-refractivity contribution < 1.29 is 13.7 Å². The van der Waals surface area contributed by atoms with Crippen LogP contribution in [0.5, 0.6) is 5.75 Å². The first-order chi connectivity index (χ1) is 14.2. The Morgan fingerprint density at radius 3 is 1.67 bits per heavy atom. The van der Waals surface area contributed by atoms with Crippen LogP contribution in [0.1, 0.15) is 12.5 Å². The van der Waals surface area contributed by atoms with Crippen LogP contribution in [0.25, 0.3) is 0 Å². The Kier molecular flexibility index (Phi) is 6.71. The van der Waals surface area contributed by atoms with E-state index in [2.05, 4.69) is 26.6 Å². The zero-order valence-electron chi connectivity index (χ0n) is 18.5. The molecule has 0 N–H and O–H groups in total. The van der Waals surface area contributed by atoms with E-state index in [4.69, 9.17) is 9.16 Å². The lowest BCUT2D eigenvalue weighted by atomic mass is 9.98. The first kappa shape index (κ1) is 22.5. The molecule has 5 heteroatoms. The van der Waals surface area contributed by atoms with Gasteiger partial charge in [-0.15, -0.1) is 0 Å². The molecule has 1 unspecified atom stereocenters. The second kappa shape index (κ2) is 8.93. The van der Waals surface area contributed by atoms with E-state index < -0.39 is 21.1 Å². The van der Waals surface area contributed by atoms with Gasteiger partial charge >= 0.3 is 0 Å². The molecule has 0 spiro atoms. The summed E-state index contributed by atoms with van der Waals surface area (Å²) in [6.07, 6.45) is 0.393. The van der Waals surface area contributed by atoms with E-state index in [0.717, 1.165) is 21.9 Å². The molecule has 0 radical (unpaired) electrons. The first-order valence-corrected chi connectivity index (χ1v) is 15.5. The van der Waals surface area contributed by atoms with Gasteiger partial charge in [-0.05, 0) is 44.3 Å². The van der Waals surface area contributed by atoms with Gasteiger partial charge in [0, 0.05) is 16.8 Å². The van der Waals surface area contributed by atoms with Gasteiger partial charge in [0.2, 0.25) is 0 Å². The highest BCUT2D eigenvalue weighted by atomic mass is 31.2. The molecule has 1 atom stereocenters. The molecule has 158 valence electrons. The van der Waals surface area contributed by atoms with Crippen LogP contribution in [0.2, 0.25) is 19.6 Å². The lowest BCUT2D eigenvalue weighted by Crippen LogP contribution is -2.42. The SMILES string of the molecule is COc1ccc(C(C)(CP(=O)(c2ccccc2)c2ccccc2)O[Si](C)(C)C)cc1. The summed E-state index contributed by atoms with van der Waals surface area (Å²) < 4.78 is 26.8. The minimum absolute atomic E-state index is 0.393. The fourth-order valence-corrected chi connectivity index (χ4v) is 8.63. The van der Waals surface area contributed by atoms with Crippen molar-refractivity contribution in [3.63, 3.8) is 0 Å². The third kappa shape index (κ3) is 5.12. The molecule has 0 aliphatic heterocycles. The van der Waals surface area contributed by atoms with Gasteiger partial charge in [0.1, 0.15) is 12.9 Å². The highest BCUT2D eigenvalue weighted by Crippen LogP contribution is 2.50. The van der Waals surface area contributed by atoms with Gasteiger partial charge in [-0.3, -0.25) is 0 Å². The number of methoxy groups -OCH3 is 1. The van der Waals surface area contributed by atoms with Gasteiger partial charge in [0.25, 0.3) is 0 Å². The molecular weight excluding hydrogens is 407 g/mol. The number of ether oxygens (including phenoxy) is 1. The molecule has 3 aromatic carbocycles. The smallest absolute Gasteiger partial charge is 0.184 e. The maximum Gasteiger partial charge on any atom is 0.184 e. The first-order valence-electron chi connectivity index (χ1n) is 10.2. The Labute approximate surface area is 181 Å².